The molecule has 2 heterocycles. The van der Waals surface area contributed by atoms with Crippen LogP contribution in [0.2, 0.25) is 0 Å². The van der Waals surface area contributed by atoms with Gasteiger partial charge >= 0.3 is 0 Å². The number of aryl methyl sites for hydroxylation is 2. The molecule has 0 spiro atoms. The van der Waals surface area contributed by atoms with Crippen LogP contribution < -0.4 is 5.32 Å². The first-order valence-electron chi connectivity index (χ1n) is 7.88. The second kappa shape index (κ2) is 5.83. The number of nitrogens with one attached hydrogen (secondary N) is 1. The lowest BCUT2D eigenvalue weighted by atomic mass is 10.2. The van der Waals surface area contributed by atoms with Gasteiger partial charge in [-0.05, 0) is 67.4 Å². The number of amides is 1. The first-order chi connectivity index (χ1) is 11.6. The van der Waals surface area contributed by atoms with Crippen LogP contribution in [-0.2, 0) is 0 Å². The van der Waals surface area contributed by atoms with Crippen molar-refractivity contribution in [1.29, 1.82) is 0 Å². The maximum absolute atomic E-state index is 12.4. The number of carbonyl (C=O) groups is 1. The van der Waals surface area contributed by atoms with Gasteiger partial charge in [-0.3, -0.25) is 4.79 Å². The van der Waals surface area contributed by atoms with Crippen molar-refractivity contribution < 1.29 is 4.79 Å². The van der Waals surface area contributed by atoms with Crippen molar-refractivity contribution in [1.82, 2.24) is 20.2 Å². The Kier molecular flexibility index (Phi) is 3.65. The molecule has 2 aromatic heterocycles. The van der Waals surface area contributed by atoms with Crippen LogP contribution in [0, 0.1) is 13.8 Å². The zero-order valence-corrected chi connectivity index (χ0v) is 14.3. The number of nitrogens with zero attached hydrogens (tertiary/aromatic N) is 4. The molecule has 1 saturated carbocycles. The summed E-state index contributed by atoms with van der Waals surface area (Å²) in [6.07, 6.45) is 2.26. The van der Waals surface area contributed by atoms with E-state index in [1.165, 1.54) is 0 Å². The lowest BCUT2D eigenvalue weighted by Crippen LogP contribution is -2.11. The summed E-state index contributed by atoms with van der Waals surface area (Å²) in [5.41, 5.74) is 2.45. The van der Waals surface area contributed by atoms with E-state index in [2.05, 4.69) is 20.8 Å². The number of rotatable bonds is 4. The number of anilines is 1. The number of aromatic nitrogens is 4. The summed E-state index contributed by atoms with van der Waals surface area (Å²) in [5, 5.41) is 14.9. The first-order valence-corrected chi connectivity index (χ1v) is 8.70. The van der Waals surface area contributed by atoms with Crippen LogP contribution in [0.4, 0.5) is 5.69 Å². The van der Waals surface area contributed by atoms with Crippen LogP contribution >= 0.6 is 11.3 Å². The number of hydrogen-bond acceptors (Lipinski definition) is 5. The molecule has 0 radical (unpaired) electrons. The smallest absolute Gasteiger partial charge is 0.256 e. The molecule has 0 saturated heterocycles. The SMILES string of the molecule is Cc1cc(C(=O)Nc2ccc(-c3nnnn3C3CC3)cc2)c(C)s1. The zero-order chi connectivity index (χ0) is 16.7. The summed E-state index contributed by atoms with van der Waals surface area (Å²) < 4.78 is 1.88. The van der Waals surface area contributed by atoms with Crippen molar-refractivity contribution in [3.05, 3.63) is 45.6 Å². The maximum atomic E-state index is 12.4. The molecule has 0 unspecified atom stereocenters. The molecule has 6 nitrogen and oxygen atoms in total. The average molecular weight is 339 g/mol. The molecule has 1 aromatic carbocycles. The molecular weight excluding hydrogens is 322 g/mol. The number of benzene rings is 1. The van der Waals surface area contributed by atoms with E-state index in [4.69, 9.17) is 0 Å². The Bertz CT molecular complexity index is 892. The average Bonchev–Trinajstić information content (AvgIpc) is 3.19. The highest BCUT2D eigenvalue weighted by Gasteiger charge is 2.28. The van der Waals surface area contributed by atoms with Crippen molar-refractivity contribution in [2.45, 2.75) is 32.7 Å². The number of hydrogen-bond donors (Lipinski definition) is 1. The van der Waals surface area contributed by atoms with E-state index in [0.29, 0.717) is 6.04 Å². The highest BCUT2D eigenvalue weighted by molar-refractivity contribution is 7.12. The maximum Gasteiger partial charge on any atom is 0.256 e. The molecule has 1 N–H and O–H groups in total. The normalized spacial score (nSPS) is 13.9. The minimum atomic E-state index is -0.0765. The van der Waals surface area contributed by atoms with E-state index in [0.717, 1.165) is 45.2 Å². The van der Waals surface area contributed by atoms with E-state index >= 15 is 0 Å². The van der Waals surface area contributed by atoms with Crippen LogP contribution in [0.3, 0.4) is 0 Å². The monoisotopic (exact) mass is 339 g/mol. The highest BCUT2D eigenvalue weighted by Crippen LogP contribution is 2.36. The van der Waals surface area contributed by atoms with E-state index in [-0.39, 0.29) is 5.91 Å². The second-order valence-electron chi connectivity index (χ2n) is 6.04. The fourth-order valence-electron chi connectivity index (χ4n) is 2.71. The van der Waals surface area contributed by atoms with Gasteiger partial charge in [0.25, 0.3) is 5.91 Å². The summed E-state index contributed by atoms with van der Waals surface area (Å²) in [5.74, 6) is 0.701. The molecule has 1 aliphatic rings. The molecular formula is C17H17N5OS. The number of thiophene rings is 1. The number of carbonyl (C=O) groups excluding carboxylic acids is 1. The Labute approximate surface area is 143 Å². The Morgan fingerprint density at radius 1 is 1.25 bits per heavy atom. The third-order valence-corrected chi connectivity index (χ3v) is 5.04. The van der Waals surface area contributed by atoms with E-state index in [1.54, 1.807) is 11.3 Å². The lowest BCUT2D eigenvalue weighted by molar-refractivity contribution is 0.102. The second-order valence-corrected chi connectivity index (χ2v) is 7.50. The molecule has 1 aliphatic carbocycles. The van der Waals surface area contributed by atoms with Gasteiger partial charge in [-0.15, -0.1) is 16.4 Å². The zero-order valence-electron chi connectivity index (χ0n) is 13.5. The van der Waals surface area contributed by atoms with Gasteiger partial charge in [0, 0.05) is 21.0 Å². The van der Waals surface area contributed by atoms with Crippen LogP contribution in [0.15, 0.2) is 30.3 Å². The standard InChI is InChI=1S/C17H17N5OS/c1-10-9-15(11(2)24-10)17(23)18-13-5-3-12(4-6-13)16-19-20-21-22(16)14-7-8-14/h3-6,9,14H,7-8H2,1-2H3,(H,18,23). The van der Waals surface area contributed by atoms with Crippen molar-refractivity contribution in [3.8, 4) is 11.4 Å². The van der Waals surface area contributed by atoms with Crippen molar-refractivity contribution >= 4 is 22.9 Å². The van der Waals surface area contributed by atoms with Gasteiger partial charge in [-0.1, -0.05) is 0 Å². The lowest BCUT2D eigenvalue weighted by Gasteiger charge is -2.07. The summed E-state index contributed by atoms with van der Waals surface area (Å²) in [6.45, 7) is 3.97. The Morgan fingerprint density at radius 3 is 2.62 bits per heavy atom. The summed E-state index contributed by atoms with van der Waals surface area (Å²) in [7, 11) is 0. The van der Waals surface area contributed by atoms with E-state index in [9.17, 15) is 4.79 Å². The molecule has 4 rings (SSSR count). The predicted molar refractivity (Wildman–Crippen MR) is 93.3 cm³/mol. The van der Waals surface area contributed by atoms with Crippen LogP contribution in [0.1, 0.15) is 39.0 Å². The van der Waals surface area contributed by atoms with Gasteiger partial charge in [0.05, 0.1) is 11.6 Å². The van der Waals surface area contributed by atoms with Gasteiger partial charge in [0.15, 0.2) is 5.82 Å². The topological polar surface area (TPSA) is 72.7 Å². The summed E-state index contributed by atoms with van der Waals surface area (Å²) >= 11 is 1.63. The molecule has 3 aromatic rings. The third kappa shape index (κ3) is 2.82. The van der Waals surface area contributed by atoms with Gasteiger partial charge in [0.1, 0.15) is 0 Å². The first kappa shape index (κ1) is 15.0. The molecule has 0 atom stereocenters. The molecule has 1 fully saturated rings. The third-order valence-electron chi connectivity index (χ3n) is 4.07. The fraction of sp³-hybridized carbons (Fsp3) is 0.294. The molecule has 1 amide bonds. The summed E-state index contributed by atoms with van der Waals surface area (Å²) in [6, 6.07) is 9.99. The van der Waals surface area contributed by atoms with Crippen molar-refractivity contribution in [2.75, 3.05) is 5.32 Å². The molecule has 7 heteroatoms. The Balaban J connectivity index is 1.52. The predicted octanol–water partition coefficient (Wildman–Crippen LogP) is 3.61. The minimum absolute atomic E-state index is 0.0765. The van der Waals surface area contributed by atoms with Gasteiger partial charge < -0.3 is 5.32 Å². The fourth-order valence-corrected chi connectivity index (χ4v) is 3.63. The van der Waals surface area contributed by atoms with Crippen molar-refractivity contribution in [3.63, 3.8) is 0 Å². The van der Waals surface area contributed by atoms with E-state index < -0.39 is 0 Å². The minimum Gasteiger partial charge on any atom is -0.322 e. The van der Waals surface area contributed by atoms with Crippen molar-refractivity contribution in [2.24, 2.45) is 0 Å². The highest BCUT2D eigenvalue weighted by atomic mass is 32.1. The van der Waals surface area contributed by atoms with Crippen LogP contribution in [-0.4, -0.2) is 26.1 Å². The molecule has 122 valence electrons. The Morgan fingerprint density at radius 2 is 2.00 bits per heavy atom. The van der Waals surface area contributed by atoms with Gasteiger partial charge in [-0.25, -0.2) is 4.68 Å². The van der Waals surface area contributed by atoms with Gasteiger partial charge in [-0.2, -0.15) is 0 Å². The van der Waals surface area contributed by atoms with Gasteiger partial charge in [0.2, 0.25) is 0 Å². The van der Waals surface area contributed by atoms with Crippen LogP contribution in [0.5, 0.6) is 0 Å². The molecule has 0 bridgehead atoms. The molecule has 24 heavy (non-hydrogen) atoms. The van der Waals surface area contributed by atoms with Crippen LogP contribution in [0.25, 0.3) is 11.4 Å². The Hall–Kier alpha value is -2.54. The molecule has 0 aliphatic heterocycles. The summed E-state index contributed by atoms with van der Waals surface area (Å²) in [4.78, 5) is 14.5. The van der Waals surface area contributed by atoms with E-state index in [1.807, 2.05) is 48.9 Å². The largest absolute Gasteiger partial charge is 0.322 e. The quantitative estimate of drug-likeness (QED) is 0.788. The number of tetrazole rings is 1.